The molecule has 0 radical (unpaired) electrons. The molecular formula is C30H34Cl2N12O4. The van der Waals surface area contributed by atoms with Crippen LogP contribution in [-0.2, 0) is 9.47 Å². The van der Waals surface area contributed by atoms with Gasteiger partial charge in [0.25, 0.3) is 0 Å². The first-order valence-electron chi connectivity index (χ1n) is 14.6. The molecule has 2 amide bonds. The number of nitrogens with one attached hydrogen (secondary N) is 2. The van der Waals surface area contributed by atoms with Gasteiger partial charge in [0.1, 0.15) is 11.2 Å². The van der Waals surface area contributed by atoms with Crippen LogP contribution < -0.4 is 30.7 Å². The number of carbonyl (C=O) groups is 2. The van der Waals surface area contributed by atoms with E-state index < -0.39 is 23.4 Å². The molecule has 0 aliphatic carbocycles. The number of ether oxygens (including phenoxy) is 2. The number of anilines is 8. The minimum Gasteiger partial charge on any atom is -0.442 e. The van der Waals surface area contributed by atoms with E-state index in [1.165, 1.54) is 6.07 Å². The molecule has 1 aliphatic heterocycles. The SMILES string of the molecule is CN1c2cccc(c2)N(C)c2nc(Cl)nc(n2)NN(C(=O)OC(C)(C)C)c2cccc(c2)N(C(=O)OC(C)(C)C)Nc2nc(Cl)nc1n2. The number of nitrogens with zero attached hydrogens (tertiary/aromatic N) is 10. The van der Waals surface area contributed by atoms with E-state index in [0.29, 0.717) is 11.4 Å². The molecule has 1 aliphatic rings. The van der Waals surface area contributed by atoms with Crippen LogP contribution >= 0.6 is 23.2 Å². The van der Waals surface area contributed by atoms with Crippen molar-refractivity contribution in [2.24, 2.45) is 0 Å². The summed E-state index contributed by atoms with van der Waals surface area (Å²) >= 11 is 12.7. The molecule has 5 rings (SSSR count). The number of aromatic nitrogens is 6. The monoisotopic (exact) mass is 696 g/mol. The quantitative estimate of drug-likeness (QED) is 0.198. The maximum atomic E-state index is 13.7. The second kappa shape index (κ2) is 13.1. The van der Waals surface area contributed by atoms with Crippen molar-refractivity contribution in [1.29, 1.82) is 0 Å². The summed E-state index contributed by atoms with van der Waals surface area (Å²) in [7, 11) is 3.49. The van der Waals surface area contributed by atoms with Crippen molar-refractivity contribution in [3.8, 4) is 0 Å². The summed E-state index contributed by atoms with van der Waals surface area (Å²) in [5, 5.41) is 1.88. The second-order valence-electron chi connectivity index (χ2n) is 12.5. The van der Waals surface area contributed by atoms with Crippen LogP contribution in [0.4, 0.5) is 56.1 Å². The zero-order valence-electron chi connectivity index (χ0n) is 27.5. The average Bonchev–Trinajstić information content (AvgIpc) is 2.99. The number of rotatable bonds is 0. The minimum atomic E-state index is -0.873. The Morgan fingerprint density at radius 3 is 1.33 bits per heavy atom. The molecule has 4 aromatic rings. The number of hydrogen-bond acceptors (Lipinski definition) is 14. The van der Waals surface area contributed by atoms with E-state index in [9.17, 15) is 9.59 Å². The van der Waals surface area contributed by atoms with Gasteiger partial charge in [0.15, 0.2) is 0 Å². The molecule has 48 heavy (non-hydrogen) atoms. The first-order valence-corrected chi connectivity index (χ1v) is 15.3. The Bertz CT molecular complexity index is 1730. The van der Waals surface area contributed by atoms with Crippen LogP contribution in [0.15, 0.2) is 48.5 Å². The number of amides is 2. The van der Waals surface area contributed by atoms with Gasteiger partial charge >= 0.3 is 12.2 Å². The van der Waals surface area contributed by atoms with Crippen molar-refractivity contribution in [2.75, 3.05) is 44.8 Å². The molecule has 16 nitrogen and oxygen atoms in total. The van der Waals surface area contributed by atoms with E-state index >= 15 is 0 Å². The molecule has 0 spiro atoms. The molecule has 0 unspecified atom stereocenters. The summed E-state index contributed by atoms with van der Waals surface area (Å²) in [4.78, 5) is 56.7. The van der Waals surface area contributed by atoms with E-state index in [0.717, 1.165) is 10.0 Å². The Labute approximate surface area is 287 Å². The molecule has 18 heteroatoms. The van der Waals surface area contributed by atoms with Gasteiger partial charge in [-0.05, 0) is 101 Å². The third-order valence-corrected chi connectivity index (χ3v) is 6.66. The summed E-state index contributed by atoms with van der Waals surface area (Å²) in [5.74, 6) is 0.211. The molecular weight excluding hydrogens is 663 g/mol. The fraction of sp³-hybridized carbons (Fsp3) is 0.333. The van der Waals surface area contributed by atoms with Crippen LogP contribution in [0.1, 0.15) is 41.5 Å². The zero-order valence-corrected chi connectivity index (χ0v) is 29.0. The van der Waals surface area contributed by atoms with Crippen LogP contribution in [-0.4, -0.2) is 67.4 Å². The Morgan fingerprint density at radius 2 is 0.958 bits per heavy atom. The number of hydrazine groups is 2. The summed E-state index contributed by atoms with van der Waals surface area (Å²) in [5.41, 5.74) is 5.84. The first kappa shape index (κ1) is 34.1. The van der Waals surface area contributed by atoms with Gasteiger partial charge in [-0.2, -0.15) is 39.9 Å². The van der Waals surface area contributed by atoms with Gasteiger partial charge in [0.2, 0.25) is 34.4 Å². The predicted molar refractivity (Wildman–Crippen MR) is 183 cm³/mol. The molecule has 8 bridgehead atoms. The number of benzene rings is 2. The fourth-order valence-corrected chi connectivity index (χ4v) is 4.55. The second-order valence-corrected chi connectivity index (χ2v) is 13.1. The topological polar surface area (TPSA) is 167 Å². The maximum absolute atomic E-state index is 13.7. The van der Waals surface area contributed by atoms with Gasteiger partial charge in [-0.25, -0.2) is 9.59 Å². The summed E-state index contributed by atoms with van der Waals surface area (Å²) < 4.78 is 11.4. The van der Waals surface area contributed by atoms with Crippen LogP contribution in [0.2, 0.25) is 10.6 Å². The zero-order chi connectivity index (χ0) is 35.0. The molecule has 0 saturated heterocycles. The number of fused-ring (bicyclic) bond motifs is 8. The van der Waals surface area contributed by atoms with Crippen molar-refractivity contribution < 1.29 is 19.1 Å². The smallest absolute Gasteiger partial charge is 0.434 e. The normalized spacial score (nSPS) is 13.5. The third kappa shape index (κ3) is 8.19. The van der Waals surface area contributed by atoms with Crippen LogP contribution in [0.3, 0.4) is 0 Å². The number of hydrogen-bond donors (Lipinski definition) is 2. The third-order valence-electron chi connectivity index (χ3n) is 6.32. The highest BCUT2D eigenvalue weighted by Gasteiger charge is 2.29. The van der Waals surface area contributed by atoms with Crippen molar-refractivity contribution in [1.82, 2.24) is 29.9 Å². The lowest BCUT2D eigenvalue weighted by atomic mass is 10.2. The summed E-state index contributed by atoms with van der Waals surface area (Å²) in [6, 6.07) is 13.7. The van der Waals surface area contributed by atoms with Gasteiger partial charge in [0.05, 0.1) is 11.4 Å². The Hall–Kier alpha value is -5.22. The fourth-order valence-electron chi connectivity index (χ4n) is 4.24. The molecule has 3 heterocycles. The standard InChI is InChI=1S/C30H34Cl2N12O4/c1-29(2,3)47-27(45)43-19-13-10-14-20(16-19)44(28(46)48-30(4,5)6)40-24-34-22(32)36-26(38-24)42(8)18-12-9-11-17(15-18)41(7)25-35-21(31)33-23(37-25)39-43/h9-16H,1-8H3,(H,33,35,37,39)(H,34,36,38,40). The highest BCUT2D eigenvalue weighted by molar-refractivity contribution is 6.28. The van der Waals surface area contributed by atoms with Crippen molar-refractivity contribution in [3.63, 3.8) is 0 Å². The largest absolute Gasteiger partial charge is 0.442 e. The maximum Gasteiger partial charge on any atom is 0.434 e. The Morgan fingerprint density at radius 1 is 0.604 bits per heavy atom. The van der Waals surface area contributed by atoms with Crippen LogP contribution in [0, 0.1) is 0 Å². The lowest BCUT2D eigenvalue weighted by molar-refractivity contribution is 0.0579. The highest BCUT2D eigenvalue weighted by Crippen LogP contribution is 2.31. The summed E-state index contributed by atoms with van der Waals surface area (Å²) in [6.07, 6.45) is -1.61. The number of halogens is 2. The van der Waals surface area contributed by atoms with E-state index in [1.54, 1.807) is 83.6 Å². The molecule has 252 valence electrons. The predicted octanol–water partition coefficient (Wildman–Crippen LogP) is 6.75. The van der Waals surface area contributed by atoms with Gasteiger partial charge in [-0.3, -0.25) is 10.9 Å². The van der Waals surface area contributed by atoms with Crippen molar-refractivity contribution >= 4 is 81.9 Å². The summed E-state index contributed by atoms with van der Waals surface area (Å²) in [6.45, 7) is 10.4. The molecule has 2 aromatic heterocycles. The molecule has 0 saturated carbocycles. The van der Waals surface area contributed by atoms with E-state index in [-0.39, 0.29) is 45.7 Å². The van der Waals surface area contributed by atoms with E-state index in [4.69, 9.17) is 32.7 Å². The van der Waals surface area contributed by atoms with Gasteiger partial charge in [-0.15, -0.1) is 0 Å². The van der Waals surface area contributed by atoms with E-state index in [1.807, 2.05) is 24.3 Å². The lowest BCUT2D eigenvalue weighted by Crippen LogP contribution is -2.42. The number of carbonyl (C=O) groups excluding carboxylic acids is 2. The Kier molecular flexibility index (Phi) is 9.33. The van der Waals surface area contributed by atoms with Gasteiger partial charge in [-0.1, -0.05) is 12.1 Å². The first-order chi connectivity index (χ1) is 22.5. The molecule has 0 atom stereocenters. The minimum absolute atomic E-state index is 0.0631. The van der Waals surface area contributed by atoms with Gasteiger partial charge in [0, 0.05) is 25.5 Å². The molecule has 0 fully saturated rings. The van der Waals surface area contributed by atoms with Crippen molar-refractivity contribution in [2.45, 2.75) is 52.7 Å². The van der Waals surface area contributed by atoms with E-state index in [2.05, 4.69) is 40.8 Å². The molecule has 2 N–H and O–H groups in total. The van der Waals surface area contributed by atoms with Crippen molar-refractivity contribution in [3.05, 3.63) is 59.1 Å². The Balaban J connectivity index is 1.73. The van der Waals surface area contributed by atoms with Crippen LogP contribution in [0.25, 0.3) is 0 Å². The lowest BCUT2D eigenvalue weighted by Gasteiger charge is -2.30. The highest BCUT2D eigenvalue weighted by atomic mass is 35.5. The molecule has 2 aromatic carbocycles. The van der Waals surface area contributed by atoms with Gasteiger partial charge < -0.3 is 19.3 Å². The average molecular weight is 698 g/mol. The van der Waals surface area contributed by atoms with Crippen LogP contribution in [0.5, 0.6) is 0 Å².